The molecular weight excluding hydrogens is 410 g/mol. The monoisotopic (exact) mass is 431 g/mol. The lowest BCUT2D eigenvalue weighted by atomic mass is 10.1. The van der Waals surface area contributed by atoms with Crippen molar-refractivity contribution in [3.63, 3.8) is 0 Å². The van der Waals surface area contributed by atoms with Crippen LogP contribution in [0.25, 0.3) is 11.0 Å². The summed E-state index contributed by atoms with van der Waals surface area (Å²) in [5.41, 5.74) is 3.52. The molecule has 1 saturated heterocycles. The van der Waals surface area contributed by atoms with Crippen LogP contribution in [0.3, 0.4) is 0 Å². The largest absolute Gasteiger partial charge is 0.464 e. The average molecular weight is 432 g/mol. The van der Waals surface area contributed by atoms with Crippen molar-refractivity contribution in [2.45, 2.75) is 32.4 Å². The molecule has 0 unspecified atom stereocenters. The lowest BCUT2D eigenvalue weighted by molar-refractivity contribution is -0.133. The Hall–Kier alpha value is -2.31. The highest BCUT2D eigenvalue weighted by Gasteiger charge is 2.34. The van der Waals surface area contributed by atoms with Crippen LogP contribution in [-0.2, 0) is 27.6 Å². The minimum Gasteiger partial charge on any atom is -0.464 e. The van der Waals surface area contributed by atoms with E-state index < -0.39 is 9.84 Å². The summed E-state index contributed by atoms with van der Waals surface area (Å²) < 4.78 is 29.7. The van der Waals surface area contributed by atoms with Gasteiger partial charge in [-0.2, -0.15) is 0 Å². The van der Waals surface area contributed by atoms with E-state index in [0.29, 0.717) is 18.0 Å². The van der Waals surface area contributed by atoms with Crippen LogP contribution in [0.2, 0.25) is 5.02 Å². The third-order valence-electron chi connectivity index (χ3n) is 5.36. The first kappa shape index (κ1) is 20.0. The fourth-order valence-corrected chi connectivity index (χ4v) is 5.81. The number of aryl methyl sites for hydroxylation is 1. The Morgan fingerprint density at radius 1 is 1.24 bits per heavy atom. The van der Waals surface area contributed by atoms with Crippen molar-refractivity contribution >= 4 is 38.3 Å². The number of carbonyl (C=O) groups is 1. The summed E-state index contributed by atoms with van der Waals surface area (Å²) >= 11 is 6.10. The van der Waals surface area contributed by atoms with E-state index in [-0.39, 0.29) is 29.9 Å². The third kappa shape index (κ3) is 4.49. The smallest absolute Gasteiger partial charge is 0.227 e. The maximum absolute atomic E-state index is 13.3. The molecular formula is C22H22ClNO4S. The number of halogens is 1. The highest BCUT2D eigenvalue weighted by molar-refractivity contribution is 7.91. The Balaban J connectivity index is 1.62. The van der Waals surface area contributed by atoms with Crippen molar-refractivity contribution < 1.29 is 17.6 Å². The molecule has 7 heteroatoms. The molecule has 29 heavy (non-hydrogen) atoms. The van der Waals surface area contributed by atoms with E-state index in [0.717, 1.165) is 27.7 Å². The van der Waals surface area contributed by atoms with Crippen LogP contribution in [0, 0.1) is 6.92 Å². The van der Waals surface area contributed by atoms with Gasteiger partial charge < -0.3 is 9.32 Å². The number of nitrogens with zero attached hydrogens (tertiary/aromatic N) is 1. The summed E-state index contributed by atoms with van der Waals surface area (Å²) in [7, 11) is -3.12. The van der Waals surface area contributed by atoms with Crippen molar-refractivity contribution in [3.05, 3.63) is 70.4 Å². The molecule has 1 amide bonds. The van der Waals surface area contributed by atoms with Gasteiger partial charge in [0.05, 0.1) is 24.2 Å². The highest BCUT2D eigenvalue weighted by atomic mass is 35.5. The molecule has 0 N–H and O–H groups in total. The Labute approximate surface area is 175 Å². The van der Waals surface area contributed by atoms with E-state index in [1.54, 1.807) is 17.2 Å². The molecule has 2 heterocycles. The van der Waals surface area contributed by atoms with Gasteiger partial charge in [0.25, 0.3) is 0 Å². The first-order valence-electron chi connectivity index (χ1n) is 9.52. The molecule has 152 valence electrons. The van der Waals surface area contributed by atoms with Crippen LogP contribution in [-0.4, -0.2) is 36.8 Å². The molecule has 1 fully saturated rings. The Bertz CT molecular complexity index is 1170. The van der Waals surface area contributed by atoms with Gasteiger partial charge in [0.15, 0.2) is 9.84 Å². The SMILES string of the molecule is Cc1ccc2occ(CC(=O)N(Cc3cccc(Cl)c3)[C@H]3CCS(=O)(=O)C3)c2c1. The van der Waals surface area contributed by atoms with Gasteiger partial charge in [-0.1, -0.05) is 35.4 Å². The van der Waals surface area contributed by atoms with Gasteiger partial charge in [0.1, 0.15) is 5.58 Å². The zero-order chi connectivity index (χ0) is 20.6. The molecule has 1 atom stereocenters. The molecule has 0 aliphatic carbocycles. The van der Waals surface area contributed by atoms with Gasteiger partial charge in [-0.05, 0) is 43.2 Å². The van der Waals surface area contributed by atoms with Crippen LogP contribution in [0.4, 0.5) is 0 Å². The predicted octanol–water partition coefficient (Wildman–Crippen LogP) is 4.15. The number of amides is 1. The van der Waals surface area contributed by atoms with Gasteiger partial charge in [-0.3, -0.25) is 4.79 Å². The number of carbonyl (C=O) groups excluding carboxylic acids is 1. The van der Waals surface area contributed by atoms with E-state index >= 15 is 0 Å². The number of fused-ring (bicyclic) bond motifs is 1. The van der Waals surface area contributed by atoms with Gasteiger partial charge in [0.2, 0.25) is 5.91 Å². The Morgan fingerprint density at radius 2 is 2.07 bits per heavy atom. The van der Waals surface area contributed by atoms with E-state index in [9.17, 15) is 13.2 Å². The Morgan fingerprint density at radius 3 is 2.79 bits per heavy atom. The first-order valence-corrected chi connectivity index (χ1v) is 11.7. The van der Waals surface area contributed by atoms with Crippen LogP contribution in [0.15, 0.2) is 53.1 Å². The maximum atomic E-state index is 13.3. The summed E-state index contributed by atoms with van der Waals surface area (Å²) in [6.07, 6.45) is 2.23. The van der Waals surface area contributed by atoms with Gasteiger partial charge in [0, 0.05) is 28.6 Å². The normalized spacial score (nSPS) is 18.2. The average Bonchev–Trinajstić information content (AvgIpc) is 3.22. The predicted molar refractivity (Wildman–Crippen MR) is 114 cm³/mol. The fourth-order valence-electron chi connectivity index (χ4n) is 3.87. The number of sulfone groups is 1. The highest BCUT2D eigenvalue weighted by Crippen LogP contribution is 2.26. The minimum absolute atomic E-state index is 0.00451. The standard InChI is InChI=1S/C22H22ClNO4S/c1-15-5-6-21-20(9-15)17(13-28-21)11-22(25)24(19-7-8-29(26,27)14-19)12-16-3-2-4-18(23)10-16/h2-6,9-10,13,19H,7-8,11-12,14H2,1H3/t19-/m0/s1. The molecule has 0 radical (unpaired) electrons. The second kappa shape index (κ2) is 7.84. The van der Waals surface area contributed by atoms with Crippen LogP contribution in [0.5, 0.6) is 0 Å². The van der Waals surface area contributed by atoms with Crippen molar-refractivity contribution in [2.75, 3.05) is 11.5 Å². The molecule has 2 aromatic carbocycles. The van der Waals surface area contributed by atoms with E-state index in [4.69, 9.17) is 16.0 Å². The molecule has 3 aromatic rings. The summed E-state index contributed by atoms with van der Waals surface area (Å²) in [5.74, 6) is 0.00586. The fraction of sp³-hybridized carbons (Fsp3) is 0.318. The first-order chi connectivity index (χ1) is 13.8. The van der Waals surface area contributed by atoms with E-state index in [1.165, 1.54) is 0 Å². The molecule has 0 spiro atoms. The van der Waals surface area contributed by atoms with E-state index in [1.807, 2.05) is 43.3 Å². The van der Waals surface area contributed by atoms with Gasteiger partial charge in [-0.25, -0.2) is 8.42 Å². The summed E-state index contributed by atoms with van der Waals surface area (Å²) in [5, 5.41) is 1.50. The number of furan rings is 1. The van der Waals surface area contributed by atoms with Crippen LogP contribution in [0.1, 0.15) is 23.1 Å². The summed E-state index contributed by atoms with van der Waals surface area (Å²) in [6.45, 7) is 2.32. The lowest BCUT2D eigenvalue weighted by Crippen LogP contribution is -2.41. The van der Waals surface area contributed by atoms with Crippen molar-refractivity contribution in [1.29, 1.82) is 0 Å². The minimum atomic E-state index is -3.12. The third-order valence-corrected chi connectivity index (χ3v) is 7.35. The van der Waals surface area contributed by atoms with Crippen LogP contribution >= 0.6 is 11.6 Å². The molecule has 1 aliphatic heterocycles. The molecule has 4 rings (SSSR count). The van der Waals surface area contributed by atoms with Gasteiger partial charge in [-0.15, -0.1) is 0 Å². The molecule has 0 saturated carbocycles. The number of rotatable bonds is 5. The van der Waals surface area contributed by atoms with Gasteiger partial charge >= 0.3 is 0 Å². The maximum Gasteiger partial charge on any atom is 0.227 e. The lowest BCUT2D eigenvalue weighted by Gasteiger charge is -2.28. The second-order valence-electron chi connectivity index (χ2n) is 7.65. The molecule has 5 nitrogen and oxygen atoms in total. The number of hydrogen-bond donors (Lipinski definition) is 0. The zero-order valence-corrected chi connectivity index (χ0v) is 17.7. The van der Waals surface area contributed by atoms with Crippen LogP contribution < -0.4 is 0 Å². The second-order valence-corrected chi connectivity index (χ2v) is 10.3. The quantitative estimate of drug-likeness (QED) is 0.608. The molecule has 1 aliphatic rings. The number of benzene rings is 2. The topological polar surface area (TPSA) is 67.6 Å². The zero-order valence-electron chi connectivity index (χ0n) is 16.1. The molecule has 1 aromatic heterocycles. The van der Waals surface area contributed by atoms with Crippen molar-refractivity contribution in [1.82, 2.24) is 4.90 Å². The number of hydrogen-bond acceptors (Lipinski definition) is 4. The van der Waals surface area contributed by atoms with Crippen molar-refractivity contribution in [3.8, 4) is 0 Å². The van der Waals surface area contributed by atoms with Crippen molar-refractivity contribution in [2.24, 2.45) is 0 Å². The summed E-state index contributed by atoms with van der Waals surface area (Å²) in [4.78, 5) is 15.0. The Kier molecular flexibility index (Phi) is 5.40. The van der Waals surface area contributed by atoms with E-state index in [2.05, 4.69) is 0 Å². The molecule has 0 bridgehead atoms. The summed E-state index contributed by atoms with van der Waals surface area (Å²) in [6, 6.07) is 12.8.